The Hall–Kier alpha value is -10.0. The molecule has 26 heteroatoms. The summed E-state index contributed by atoms with van der Waals surface area (Å²) in [7, 11) is 2.20. The minimum atomic E-state index is -1.68. The van der Waals surface area contributed by atoms with Crippen LogP contribution in [0.25, 0.3) is 21.8 Å². The third-order valence-corrected chi connectivity index (χ3v) is 20.3. The molecule has 4 heterocycles. The van der Waals surface area contributed by atoms with Crippen LogP contribution in [0.1, 0.15) is 117 Å². The molecule has 10 rings (SSSR count). The number of aliphatic hydroxyl groups is 1. The number of carbonyl (C=O) groups excluding carboxylic acids is 8. The van der Waals surface area contributed by atoms with Gasteiger partial charge in [-0.15, -0.1) is 0 Å². The summed E-state index contributed by atoms with van der Waals surface area (Å²) in [5.74, 6) is -5.98. The fourth-order valence-electron chi connectivity index (χ4n) is 14.8. The Morgan fingerprint density at radius 3 is 1.80 bits per heavy atom. The van der Waals surface area contributed by atoms with E-state index >= 15 is 24.0 Å². The SMILES string of the molecule is C[C@@H](O)[C@@H]1NC(=O)[C@H](CCCCN)NC(=O)[C@@H](Cc2c[nH]c3ccccc23)NC(=O)[C@H](Cc2ccccc2)NC(=O)[C@H](Cc2ccccc2)NC(=O)[C@H](CCCN=C(N)N)NC(=O)[C@H](NCCC[C@@H]2C[C@@H]3c4cccc5[nH]cc(c45)C[C@H]3N(C)C2)CCCCNC(=O)[C@H](Cc2ccc(F)cc2)NC1=O. The van der Waals surface area contributed by atoms with Crippen LogP contribution in [0.5, 0.6) is 0 Å². The van der Waals surface area contributed by atoms with E-state index in [1.807, 2.05) is 30.3 Å². The molecular formula is C78H101FN16O9. The maximum atomic E-state index is 15.4. The van der Waals surface area contributed by atoms with Crippen molar-refractivity contribution in [1.82, 2.24) is 62.7 Å². The first-order chi connectivity index (χ1) is 50.3. The number of piperidine rings is 1. The fourth-order valence-corrected chi connectivity index (χ4v) is 14.8. The Balaban J connectivity index is 0.973. The molecule has 104 heavy (non-hydrogen) atoms. The van der Waals surface area contributed by atoms with Gasteiger partial charge in [0.25, 0.3) is 0 Å². The van der Waals surface area contributed by atoms with E-state index in [9.17, 15) is 23.9 Å². The van der Waals surface area contributed by atoms with Crippen molar-refractivity contribution in [3.8, 4) is 0 Å². The molecular weight excluding hydrogens is 1320 g/mol. The number of carbonyl (C=O) groups is 8. The van der Waals surface area contributed by atoms with Crippen LogP contribution in [0.4, 0.5) is 4.39 Å². The van der Waals surface area contributed by atoms with Crippen LogP contribution in [0, 0.1) is 11.7 Å². The van der Waals surface area contributed by atoms with Crippen LogP contribution in [0.3, 0.4) is 0 Å². The van der Waals surface area contributed by atoms with Gasteiger partial charge in [0.05, 0.1) is 12.1 Å². The van der Waals surface area contributed by atoms with Crippen molar-refractivity contribution in [1.29, 1.82) is 0 Å². The molecule has 0 bridgehead atoms. The van der Waals surface area contributed by atoms with Crippen LogP contribution in [0.2, 0.25) is 0 Å². The predicted molar refractivity (Wildman–Crippen MR) is 398 cm³/mol. The molecule has 554 valence electrons. The van der Waals surface area contributed by atoms with E-state index in [2.05, 4.69) is 99.2 Å². The van der Waals surface area contributed by atoms with Crippen molar-refractivity contribution in [3.05, 3.63) is 179 Å². The third kappa shape index (κ3) is 21.1. The van der Waals surface area contributed by atoms with Gasteiger partial charge in [-0.3, -0.25) is 43.3 Å². The Kier molecular flexibility index (Phi) is 27.6. The number of halogens is 1. The normalized spacial score (nSPS) is 24.2. The number of amides is 8. The van der Waals surface area contributed by atoms with Gasteiger partial charge in [-0.1, -0.05) is 103 Å². The third-order valence-electron chi connectivity index (χ3n) is 20.3. The van der Waals surface area contributed by atoms with E-state index in [4.69, 9.17) is 17.2 Å². The number of nitrogens with one attached hydrogen (secondary N) is 11. The lowest BCUT2D eigenvalue weighted by molar-refractivity contribution is -0.136. The number of aliphatic hydroxyl groups excluding tert-OH is 1. The van der Waals surface area contributed by atoms with E-state index in [-0.39, 0.29) is 77.0 Å². The van der Waals surface area contributed by atoms with Gasteiger partial charge in [-0.2, -0.15) is 0 Å². The summed E-state index contributed by atoms with van der Waals surface area (Å²) in [6.07, 6.45) is 7.46. The topological polar surface area (TPSA) is 390 Å². The summed E-state index contributed by atoms with van der Waals surface area (Å²) in [6, 6.07) is 26.8. The second-order valence-corrected chi connectivity index (χ2v) is 28.0. The summed E-state index contributed by atoms with van der Waals surface area (Å²) < 4.78 is 14.3. The maximum Gasteiger partial charge on any atom is 0.245 e. The van der Waals surface area contributed by atoms with E-state index in [0.717, 1.165) is 48.6 Å². The van der Waals surface area contributed by atoms with Crippen molar-refractivity contribution < 1.29 is 47.9 Å². The van der Waals surface area contributed by atoms with Crippen LogP contribution in [-0.2, 0) is 70.5 Å². The summed E-state index contributed by atoms with van der Waals surface area (Å²) >= 11 is 0. The summed E-state index contributed by atoms with van der Waals surface area (Å²) in [4.78, 5) is 133. The molecule has 0 spiro atoms. The number of benzene rings is 5. The average molecular weight is 1430 g/mol. The van der Waals surface area contributed by atoms with Crippen molar-refractivity contribution in [2.24, 2.45) is 28.1 Å². The molecule has 2 aromatic heterocycles. The number of hydrogen-bond acceptors (Lipinski definition) is 13. The first kappa shape index (κ1) is 76.6. The number of aromatic amines is 2. The minimum absolute atomic E-state index is 0.00161. The first-order valence-corrected chi connectivity index (χ1v) is 36.5. The second-order valence-electron chi connectivity index (χ2n) is 28.0. The smallest absolute Gasteiger partial charge is 0.245 e. The lowest BCUT2D eigenvalue weighted by atomic mass is 9.72. The highest BCUT2D eigenvalue weighted by Crippen LogP contribution is 2.45. The second kappa shape index (κ2) is 37.4. The van der Waals surface area contributed by atoms with Crippen LogP contribution >= 0.6 is 0 Å². The zero-order valence-corrected chi connectivity index (χ0v) is 59.3. The molecule has 7 aromatic rings. The standard InChI is InChI=1S/C78H101FN16O9/c1-47(96)69-77(104)93-63(41-50-30-32-54(79)33-31-50)70(97)84-35-14-12-26-60(83-36-16-22-51-38-57-56-24-15-28-59-68(56)53(45-87-59)43-67(57)95(2)46-51)71(98)88-62(29-17-37-85-78(81)82)72(99)90-64(39-48-18-5-3-6-19-48)74(101)91-65(40-49-20-7-4-8-21-49)75(102)92-66(42-52-44-86-58-25-10-9-23-55(52)58)76(103)89-61(73(100)94-69)27-11-13-34-80/h3-10,15,18-21,23-25,28,30-33,44-45,47,51,57,60-67,69,83,86-87,96H,11-14,16-17,22,26-27,29,34-43,46,80H2,1-2H3,(H,84,97)(H,88,98)(H,89,103)(H,90,99)(H,91,101)(H,92,102)(H,93,104)(H,94,100)(H4,81,82,85)/t47-,51-,57-,60-,61+,62+,63+,64+,65+,66-,67-,69+/m1/s1. The average Bonchev–Trinajstić information content (AvgIpc) is 1.49. The number of fused-ring (bicyclic) bond motifs is 3. The molecule has 12 atom stereocenters. The van der Waals surface area contributed by atoms with E-state index in [0.29, 0.717) is 72.4 Å². The monoisotopic (exact) mass is 1420 g/mol. The molecule has 3 aliphatic rings. The van der Waals surface area contributed by atoms with Crippen molar-refractivity contribution >= 4 is 75.0 Å². The highest BCUT2D eigenvalue weighted by Gasteiger charge is 2.41. The molecule has 8 amide bonds. The van der Waals surface area contributed by atoms with Gasteiger partial charge in [-0.25, -0.2) is 4.39 Å². The molecule has 5 aromatic carbocycles. The molecule has 2 saturated heterocycles. The van der Waals surface area contributed by atoms with Crippen LogP contribution in [0.15, 0.2) is 145 Å². The Morgan fingerprint density at radius 1 is 0.587 bits per heavy atom. The summed E-state index contributed by atoms with van der Waals surface area (Å²) in [6.45, 7) is 3.08. The van der Waals surface area contributed by atoms with E-state index < -0.39 is 108 Å². The number of hydrogen-bond donors (Lipinski definition) is 15. The molecule has 2 fully saturated rings. The van der Waals surface area contributed by atoms with Gasteiger partial charge in [0, 0.05) is 91.5 Å². The molecule has 0 saturated carbocycles. The number of nitrogens with zero attached hydrogens (tertiary/aromatic N) is 2. The van der Waals surface area contributed by atoms with Crippen molar-refractivity contribution in [3.63, 3.8) is 0 Å². The molecule has 18 N–H and O–H groups in total. The summed E-state index contributed by atoms with van der Waals surface area (Å²) in [5, 5.41) is 39.8. The van der Waals surface area contributed by atoms with Gasteiger partial charge in [0.2, 0.25) is 47.3 Å². The molecule has 0 unspecified atom stereocenters. The number of nitrogens with two attached hydrogens (primary N) is 3. The van der Waals surface area contributed by atoms with Gasteiger partial charge in [-0.05, 0) is 168 Å². The number of para-hydroxylation sites is 1. The van der Waals surface area contributed by atoms with Crippen molar-refractivity contribution in [2.45, 2.75) is 176 Å². The highest BCUT2D eigenvalue weighted by molar-refractivity contribution is 5.99. The van der Waals surface area contributed by atoms with Crippen LogP contribution in [-0.4, -0.2) is 173 Å². The van der Waals surface area contributed by atoms with E-state index in [1.165, 1.54) is 47.7 Å². The lowest BCUT2D eigenvalue weighted by Crippen LogP contribution is -2.62. The quantitative estimate of drug-likeness (QED) is 0.0261. The maximum absolute atomic E-state index is 15.4. The summed E-state index contributed by atoms with van der Waals surface area (Å²) in [5.41, 5.74) is 24.4. The Morgan fingerprint density at radius 2 is 1.14 bits per heavy atom. The zero-order chi connectivity index (χ0) is 73.7. The predicted octanol–water partition coefficient (Wildman–Crippen LogP) is 3.71. The number of guanidine groups is 1. The number of likely N-dealkylation sites (tertiary alicyclic amines) is 1. The minimum Gasteiger partial charge on any atom is -0.391 e. The lowest BCUT2D eigenvalue weighted by Gasteiger charge is -2.45. The van der Waals surface area contributed by atoms with Gasteiger partial charge < -0.3 is 85.0 Å². The molecule has 0 radical (unpaired) electrons. The Labute approximate surface area is 605 Å². The zero-order valence-electron chi connectivity index (χ0n) is 59.3. The number of aromatic nitrogens is 2. The highest BCUT2D eigenvalue weighted by atomic mass is 19.1. The van der Waals surface area contributed by atoms with Gasteiger partial charge >= 0.3 is 0 Å². The molecule has 1 aliphatic carbocycles. The van der Waals surface area contributed by atoms with Crippen LogP contribution < -0.4 is 65.1 Å². The number of aliphatic imine (C=N–C) groups is 1. The number of likely N-dealkylation sites (N-methyl/N-ethyl adjacent to an activating group) is 1. The van der Waals surface area contributed by atoms with Crippen molar-refractivity contribution in [2.75, 3.05) is 39.8 Å². The Bertz CT molecular complexity index is 4070. The number of rotatable bonds is 22. The fraction of sp³-hybridized carbons (Fsp3) is 0.449. The molecule has 2 aliphatic heterocycles. The molecule has 25 nitrogen and oxygen atoms in total. The largest absolute Gasteiger partial charge is 0.391 e. The van der Waals surface area contributed by atoms with Gasteiger partial charge in [0.15, 0.2) is 5.96 Å². The van der Waals surface area contributed by atoms with E-state index in [1.54, 1.807) is 60.8 Å². The number of unbranched alkanes of at least 4 members (excludes halogenated alkanes) is 1. The first-order valence-electron chi connectivity index (χ1n) is 36.5. The number of H-pyrrole nitrogens is 2. The van der Waals surface area contributed by atoms with Gasteiger partial charge in [0.1, 0.15) is 48.1 Å².